The van der Waals surface area contributed by atoms with Crippen LogP contribution in [0.1, 0.15) is 31.2 Å². The van der Waals surface area contributed by atoms with Crippen molar-refractivity contribution in [3.63, 3.8) is 0 Å². The molecule has 2 aliphatic rings. The van der Waals surface area contributed by atoms with Crippen LogP contribution in [-0.4, -0.2) is 6.61 Å². The molecule has 3 unspecified atom stereocenters. The summed E-state index contributed by atoms with van der Waals surface area (Å²) in [6, 6.07) is 12.2. The Morgan fingerprint density at radius 3 is 2.50 bits per heavy atom. The fraction of sp³-hybridized carbons (Fsp3) is 0.381. The number of alkyl halides is 2. The first-order chi connectivity index (χ1) is 13.4. The van der Waals surface area contributed by atoms with Crippen molar-refractivity contribution in [3.8, 4) is 24.0 Å². The molecule has 142 valence electrons. The van der Waals surface area contributed by atoms with Gasteiger partial charge in [0.2, 0.25) is 0 Å². The largest absolute Gasteiger partial charge is 0.435 e. The van der Waals surface area contributed by atoms with Crippen molar-refractivity contribution < 1.29 is 13.5 Å². The molecule has 3 rings (SSSR count). The van der Waals surface area contributed by atoms with Gasteiger partial charge in [-0.1, -0.05) is 31.2 Å². The first kappa shape index (κ1) is 19.4. The van der Waals surface area contributed by atoms with E-state index in [1.165, 1.54) is 6.07 Å². The number of fused-ring (bicyclic) bond motifs is 1. The Balaban J connectivity index is 2.33. The first-order valence-electron chi connectivity index (χ1n) is 8.86. The molecule has 0 amide bonds. The van der Waals surface area contributed by atoms with Gasteiger partial charge in [0.05, 0.1) is 23.4 Å². The minimum atomic E-state index is -3.05. The predicted octanol–water partition coefficient (Wildman–Crippen LogP) is 4.13. The second kappa shape index (κ2) is 7.33. The molecule has 1 aromatic rings. The van der Waals surface area contributed by atoms with Gasteiger partial charge in [0, 0.05) is 11.5 Å². The number of hydrogen-bond donors (Lipinski definition) is 1. The Bertz CT molecular complexity index is 963. The maximum atomic E-state index is 13.0. The summed E-state index contributed by atoms with van der Waals surface area (Å²) in [7, 11) is 0. The Kier molecular flexibility index (Phi) is 5.08. The van der Waals surface area contributed by atoms with Gasteiger partial charge in [-0.2, -0.15) is 24.6 Å². The van der Waals surface area contributed by atoms with Crippen LogP contribution in [0.4, 0.5) is 8.78 Å². The van der Waals surface area contributed by atoms with Crippen LogP contribution in [0.5, 0.6) is 5.75 Å². The topological polar surface area (TPSA) is 107 Å². The lowest BCUT2D eigenvalue weighted by Gasteiger charge is -2.44. The van der Waals surface area contributed by atoms with E-state index in [1.807, 2.05) is 31.2 Å². The zero-order valence-corrected chi connectivity index (χ0v) is 15.2. The van der Waals surface area contributed by atoms with Gasteiger partial charge in [-0.05, 0) is 36.3 Å². The molecule has 0 aliphatic heterocycles. The highest BCUT2D eigenvalue weighted by Gasteiger charge is 2.55. The van der Waals surface area contributed by atoms with Crippen LogP contribution in [0.3, 0.4) is 0 Å². The molecule has 2 N–H and O–H groups in total. The van der Waals surface area contributed by atoms with Gasteiger partial charge in [0.1, 0.15) is 11.8 Å². The molecule has 5 nitrogen and oxygen atoms in total. The van der Waals surface area contributed by atoms with E-state index in [-0.39, 0.29) is 28.9 Å². The summed E-state index contributed by atoms with van der Waals surface area (Å²) >= 11 is 0. The maximum absolute atomic E-state index is 13.0. The highest BCUT2D eigenvalue weighted by Crippen LogP contribution is 2.57. The zero-order chi connectivity index (χ0) is 20.5. The molecule has 0 spiro atoms. The second-order valence-electron chi connectivity index (χ2n) is 7.17. The van der Waals surface area contributed by atoms with Crippen LogP contribution < -0.4 is 10.5 Å². The molecule has 0 radical (unpaired) electrons. The quantitative estimate of drug-likeness (QED) is 0.848. The highest BCUT2D eigenvalue weighted by atomic mass is 19.3. The average Bonchev–Trinajstić information content (AvgIpc) is 2.68. The molecule has 0 fully saturated rings. The minimum Gasteiger partial charge on any atom is -0.435 e. The van der Waals surface area contributed by atoms with E-state index in [2.05, 4.69) is 4.74 Å². The molecule has 7 heteroatoms. The lowest BCUT2D eigenvalue weighted by atomic mass is 9.56. The zero-order valence-electron chi connectivity index (χ0n) is 15.2. The van der Waals surface area contributed by atoms with Crippen molar-refractivity contribution in [2.24, 2.45) is 23.0 Å². The third kappa shape index (κ3) is 2.88. The summed E-state index contributed by atoms with van der Waals surface area (Å²) in [5.41, 5.74) is 5.34. The minimum absolute atomic E-state index is 0.0943. The van der Waals surface area contributed by atoms with Crippen LogP contribution in [0, 0.1) is 51.2 Å². The van der Waals surface area contributed by atoms with Gasteiger partial charge < -0.3 is 10.5 Å². The molecule has 3 atom stereocenters. The molecule has 28 heavy (non-hydrogen) atoms. The summed E-state index contributed by atoms with van der Waals surface area (Å²) in [4.78, 5) is 0. The molecular weight excluding hydrogens is 362 g/mol. The standard InChI is InChI=1S/C21H18F2N4O/c1-12-6-7-13-15(8-12)18(14-4-2-3-5-17(14)28-20(22)23)21(10-25,11-26)19(27)16(13)9-24/h2-5,7,12,15,18,20H,6,8,27H2,1H3. The van der Waals surface area contributed by atoms with Crippen LogP contribution in [0.25, 0.3) is 0 Å². The summed E-state index contributed by atoms with van der Waals surface area (Å²) in [6.45, 7) is -1.02. The molecular formula is C21H18F2N4O. The predicted molar refractivity (Wildman–Crippen MR) is 96.3 cm³/mol. The molecule has 2 aliphatic carbocycles. The van der Waals surface area contributed by atoms with Crippen LogP contribution in [0.15, 0.2) is 47.2 Å². The van der Waals surface area contributed by atoms with Crippen LogP contribution in [-0.2, 0) is 0 Å². The summed E-state index contributed by atoms with van der Waals surface area (Å²) < 4.78 is 30.6. The Morgan fingerprint density at radius 1 is 1.21 bits per heavy atom. The van der Waals surface area contributed by atoms with Crippen molar-refractivity contribution in [2.75, 3.05) is 0 Å². The van der Waals surface area contributed by atoms with Gasteiger partial charge >= 0.3 is 6.61 Å². The number of rotatable bonds is 3. The fourth-order valence-electron chi connectivity index (χ4n) is 4.36. The number of allylic oxidation sites excluding steroid dienone is 4. The third-order valence-electron chi connectivity index (χ3n) is 5.58. The van der Waals surface area contributed by atoms with E-state index >= 15 is 0 Å². The van der Waals surface area contributed by atoms with Crippen molar-refractivity contribution in [2.45, 2.75) is 32.3 Å². The van der Waals surface area contributed by atoms with Crippen molar-refractivity contribution in [3.05, 3.63) is 52.7 Å². The molecule has 0 aromatic heterocycles. The van der Waals surface area contributed by atoms with E-state index < -0.39 is 17.9 Å². The Morgan fingerprint density at radius 2 is 1.89 bits per heavy atom. The summed E-state index contributed by atoms with van der Waals surface area (Å²) in [6.07, 6.45) is 3.24. The second-order valence-corrected chi connectivity index (χ2v) is 7.17. The number of nitrogens with two attached hydrogens (primary N) is 1. The van der Waals surface area contributed by atoms with Crippen molar-refractivity contribution >= 4 is 0 Å². The van der Waals surface area contributed by atoms with E-state index in [0.29, 0.717) is 17.6 Å². The SMILES string of the molecule is CC1CC=C2C(C#N)=C(N)C(C#N)(C#N)C(c3ccccc3OC(F)F)C2C1. The van der Waals surface area contributed by atoms with Gasteiger partial charge in [0.15, 0.2) is 5.41 Å². The van der Waals surface area contributed by atoms with E-state index in [4.69, 9.17) is 5.73 Å². The average molecular weight is 380 g/mol. The van der Waals surface area contributed by atoms with Gasteiger partial charge in [-0.25, -0.2) is 0 Å². The third-order valence-corrected chi connectivity index (χ3v) is 5.58. The van der Waals surface area contributed by atoms with Crippen LogP contribution >= 0.6 is 0 Å². The summed E-state index contributed by atoms with van der Waals surface area (Å²) in [5, 5.41) is 29.6. The Hall–Kier alpha value is -3.37. The number of nitriles is 3. The normalized spacial score (nSPS) is 25.8. The molecule has 1 aromatic carbocycles. The van der Waals surface area contributed by atoms with E-state index in [0.717, 1.165) is 6.42 Å². The maximum Gasteiger partial charge on any atom is 0.387 e. The van der Waals surface area contributed by atoms with Gasteiger partial charge in [0.25, 0.3) is 0 Å². The number of nitrogens with zero attached hydrogens (tertiary/aromatic N) is 3. The number of para-hydroxylation sites is 1. The lowest BCUT2D eigenvalue weighted by Crippen LogP contribution is -2.43. The van der Waals surface area contributed by atoms with E-state index in [9.17, 15) is 24.6 Å². The lowest BCUT2D eigenvalue weighted by molar-refractivity contribution is -0.0509. The monoisotopic (exact) mass is 380 g/mol. The molecule has 0 bridgehead atoms. The molecule has 0 saturated carbocycles. The van der Waals surface area contributed by atoms with Crippen molar-refractivity contribution in [1.29, 1.82) is 15.8 Å². The number of halogens is 2. The van der Waals surface area contributed by atoms with Gasteiger partial charge in [-0.15, -0.1) is 0 Å². The number of benzene rings is 1. The molecule has 0 saturated heterocycles. The highest BCUT2D eigenvalue weighted by molar-refractivity contribution is 5.60. The van der Waals surface area contributed by atoms with Crippen molar-refractivity contribution in [1.82, 2.24) is 0 Å². The summed E-state index contributed by atoms with van der Waals surface area (Å²) in [5.74, 6) is -1.06. The van der Waals surface area contributed by atoms with Crippen LogP contribution in [0.2, 0.25) is 0 Å². The number of ether oxygens (including phenoxy) is 1. The smallest absolute Gasteiger partial charge is 0.387 e. The fourth-order valence-corrected chi connectivity index (χ4v) is 4.36. The first-order valence-corrected chi connectivity index (χ1v) is 8.86. The molecule has 0 heterocycles. The Labute approximate surface area is 161 Å². The van der Waals surface area contributed by atoms with E-state index in [1.54, 1.807) is 18.2 Å². The van der Waals surface area contributed by atoms with Gasteiger partial charge in [-0.3, -0.25) is 0 Å². The number of hydrogen-bond acceptors (Lipinski definition) is 5.